The number of nitrogens with zero attached hydrogens (tertiary/aromatic N) is 1. The quantitative estimate of drug-likeness (QED) is 0.457. The summed E-state index contributed by atoms with van der Waals surface area (Å²) in [4.78, 5) is 38.4. The average Bonchev–Trinajstić information content (AvgIpc) is 2.83. The summed E-state index contributed by atoms with van der Waals surface area (Å²) in [7, 11) is 0. The summed E-state index contributed by atoms with van der Waals surface area (Å²) in [5.41, 5.74) is 2.61. The molecule has 0 saturated heterocycles. The molecule has 7 nitrogen and oxygen atoms in total. The summed E-state index contributed by atoms with van der Waals surface area (Å²) < 4.78 is 5.56. The van der Waals surface area contributed by atoms with Gasteiger partial charge in [-0.25, -0.2) is 4.79 Å². The highest BCUT2D eigenvalue weighted by molar-refractivity contribution is 8.14. The number of carbonyl (C=O) groups excluding carboxylic acids is 2. The predicted octanol–water partition coefficient (Wildman–Crippen LogP) is 3.83. The van der Waals surface area contributed by atoms with Gasteiger partial charge in [0.2, 0.25) is 11.0 Å². The van der Waals surface area contributed by atoms with Crippen LogP contribution < -0.4 is 10.2 Å². The number of hydrogen-bond donors (Lipinski definition) is 2. The first-order valence-corrected chi connectivity index (χ1v) is 12.0. The molecule has 178 valence electrons. The lowest BCUT2D eigenvalue weighted by atomic mass is 10.2. The van der Waals surface area contributed by atoms with Crippen molar-refractivity contribution in [1.82, 2.24) is 5.32 Å². The molecule has 0 aliphatic rings. The number of anilines is 1. The first-order valence-electron chi connectivity index (χ1n) is 11.0. The van der Waals surface area contributed by atoms with E-state index in [9.17, 15) is 19.5 Å². The summed E-state index contributed by atoms with van der Waals surface area (Å²) in [6.45, 7) is 7.80. The minimum absolute atomic E-state index is 0.125. The Morgan fingerprint density at radius 3 is 2.24 bits per heavy atom. The van der Waals surface area contributed by atoms with E-state index in [2.05, 4.69) is 24.1 Å². The van der Waals surface area contributed by atoms with Crippen LogP contribution in [0.4, 0.5) is 5.69 Å². The second-order valence-electron chi connectivity index (χ2n) is 7.62. The van der Waals surface area contributed by atoms with Gasteiger partial charge in [0.1, 0.15) is 0 Å². The Morgan fingerprint density at radius 2 is 1.67 bits per heavy atom. The summed E-state index contributed by atoms with van der Waals surface area (Å²) in [5.74, 6) is -1.87. The molecule has 0 heterocycles. The van der Waals surface area contributed by atoms with Crippen molar-refractivity contribution in [3.63, 3.8) is 0 Å². The normalized spacial score (nSPS) is 12.6. The number of rotatable bonds is 13. The molecule has 0 radical (unpaired) electrons. The van der Waals surface area contributed by atoms with Crippen LogP contribution in [-0.2, 0) is 20.9 Å². The molecule has 0 aliphatic heterocycles. The Morgan fingerprint density at radius 1 is 1.03 bits per heavy atom. The maximum Gasteiger partial charge on any atom is 0.328 e. The highest BCUT2D eigenvalue weighted by Gasteiger charge is 2.24. The summed E-state index contributed by atoms with van der Waals surface area (Å²) in [6.07, 6.45) is 0. The zero-order valence-corrected chi connectivity index (χ0v) is 20.1. The van der Waals surface area contributed by atoms with Crippen molar-refractivity contribution in [2.24, 2.45) is 5.92 Å². The van der Waals surface area contributed by atoms with Crippen LogP contribution in [0.15, 0.2) is 54.6 Å². The second-order valence-corrected chi connectivity index (χ2v) is 8.61. The number of carboxylic acid groups (broad SMARTS) is 1. The van der Waals surface area contributed by atoms with Crippen LogP contribution in [-0.4, -0.2) is 53.6 Å². The van der Waals surface area contributed by atoms with Crippen molar-refractivity contribution in [2.75, 3.05) is 30.3 Å². The summed E-state index contributed by atoms with van der Waals surface area (Å²) >= 11 is 1.04. The van der Waals surface area contributed by atoms with E-state index in [1.165, 1.54) is 0 Å². The topological polar surface area (TPSA) is 95.9 Å². The number of nitrogens with one attached hydrogen (secondary N) is 1. The SMILES string of the molecule is CCN(CC)c1ccc(COC[C@H](NC(=O)[C@H](C)CSC(=O)c2ccccc2)C(=O)O)cc1. The Labute approximate surface area is 199 Å². The fourth-order valence-corrected chi connectivity index (χ4v) is 3.96. The molecule has 8 heteroatoms. The van der Waals surface area contributed by atoms with E-state index in [0.29, 0.717) is 5.56 Å². The van der Waals surface area contributed by atoms with Crippen molar-refractivity contribution >= 4 is 34.4 Å². The number of hydrogen-bond acceptors (Lipinski definition) is 6. The first-order chi connectivity index (χ1) is 15.8. The van der Waals surface area contributed by atoms with Gasteiger partial charge in [-0.2, -0.15) is 0 Å². The number of ether oxygens (including phenoxy) is 1. The molecule has 0 spiro atoms. The van der Waals surface area contributed by atoms with Gasteiger partial charge in [-0.05, 0) is 31.5 Å². The molecule has 1 amide bonds. The predicted molar refractivity (Wildman–Crippen MR) is 132 cm³/mol. The van der Waals surface area contributed by atoms with Crippen molar-refractivity contribution < 1.29 is 24.2 Å². The molecular formula is C25H32N2O5S. The number of carbonyl (C=O) groups is 3. The highest BCUT2D eigenvalue weighted by Crippen LogP contribution is 2.17. The van der Waals surface area contributed by atoms with Crippen molar-refractivity contribution in [3.8, 4) is 0 Å². The third-order valence-corrected chi connectivity index (χ3v) is 6.32. The lowest BCUT2D eigenvalue weighted by molar-refractivity contribution is -0.144. The van der Waals surface area contributed by atoms with Crippen LogP contribution in [0.5, 0.6) is 0 Å². The zero-order valence-electron chi connectivity index (χ0n) is 19.3. The van der Waals surface area contributed by atoms with E-state index in [0.717, 1.165) is 36.1 Å². The van der Waals surface area contributed by atoms with Crippen molar-refractivity contribution in [1.29, 1.82) is 0 Å². The molecule has 0 aromatic heterocycles. The van der Waals surface area contributed by atoms with Gasteiger partial charge in [-0.1, -0.05) is 61.2 Å². The van der Waals surface area contributed by atoms with Crippen LogP contribution in [0.2, 0.25) is 0 Å². The van der Waals surface area contributed by atoms with Gasteiger partial charge in [0.05, 0.1) is 13.2 Å². The zero-order chi connectivity index (χ0) is 24.2. The van der Waals surface area contributed by atoms with Gasteiger partial charge in [0, 0.05) is 36.0 Å². The van der Waals surface area contributed by atoms with Gasteiger partial charge in [-0.3, -0.25) is 9.59 Å². The molecule has 33 heavy (non-hydrogen) atoms. The second kappa shape index (κ2) is 13.6. The monoisotopic (exact) mass is 472 g/mol. The third-order valence-electron chi connectivity index (χ3n) is 5.15. The molecule has 2 N–H and O–H groups in total. The highest BCUT2D eigenvalue weighted by atomic mass is 32.2. The maximum atomic E-state index is 12.4. The molecular weight excluding hydrogens is 440 g/mol. The third kappa shape index (κ3) is 8.55. The van der Waals surface area contributed by atoms with E-state index < -0.39 is 23.8 Å². The van der Waals surface area contributed by atoms with E-state index in [1.54, 1.807) is 31.2 Å². The van der Waals surface area contributed by atoms with E-state index in [1.807, 2.05) is 30.3 Å². The molecule has 0 unspecified atom stereocenters. The molecule has 0 fully saturated rings. The average molecular weight is 473 g/mol. The number of amides is 1. The van der Waals surface area contributed by atoms with Gasteiger partial charge < -0.3 is 20.1 Å². The van der Waals surface area contributed by atoms with Gasteiger partial charge in [0.15, 0.2) is 6.04 Å². The molecule has 2 atom stereocenters. The van der Waals surface area contributed by atoms with Crippen LogP contribution in [0, 0.1) is 5.92 Å². The van der Waals surface area contributed by atoms with Crippen LogP contribution in [0.1, 0.15) is 36.7 Å². The Kier molecular flexibility index (Phi) is 10.9. The van der Waals surface area contributed by atoms with E-state index >= 15 is 0 Å². The number of carboxylic acids is 1. The Bertz CT molecular complexity index is 901. The van der Waals surface area contributed by atoms with E-state index in [4.69, 9.17) is 4.74 Å². The fraction of sp³-hybridized carbons (Fsp3) is 0.400. The molecule has 2 aromatic carbocycles. The Balaban J connectivity index is 1.80. The standard InChI is InChI=1S/C25H32N2O5S/c1-4-27(5-2)21-13-11-19(12-14-21)15-32-16-22(24(29)30)26-23(28)18(3)17-33-25(31)20-9-7-6-8-10-20/h6-14,18,22H,4-5,15-17H2,1-3H3,(H,26,28)(H,29,30)/t18-,22+/m1/s1. The minimum Gasteiger partial charge on any atom is -0.480 e. The molecule has 0 saturated carbocycles. The first kappa shape index (κ1) is 26.4. The molecule has 2 aromatic rings. The molecule has 2 rings (SSSR count). The largest absolute Gasteiger partial charge is 0.480 e. The number of thioether (sulfide) groups is 1. The van der Waals surface area contributed by atoms with E-state index in [-0.39, 0.29) is 24.1 Å². The van der Waals surface area contributed by atoms with Crippen LogP contribution >= 0.6 is 11.8 Å². The smallest absolute Gasteiger partial charge is 0.328 e. The van der Waals surface area contributed by atoms with Gasteiger partial charge in [0.25, 0.3) is 0 Å². The van der Waals surface area contributed by atoms with Crippen molar-refractivity contribution in [2.45, 2.75) is 33.4 Å². The minimum atomic E-state index is -1.17. The van der Waals surface area contributed by atoms with Crippen molar-refractivity contribution in [3.05, 3.63) is 65.7 Å². The molecule has 0 bridgehead atoms. The molecule has 0 aliphatic carbocycles. The van der Waals surface area contributed by atoms with Crippen LogP contribution in [0.3, 0.4) is 0 Å². The number of aliphatic carboxylic acids is 1. The lowest BCUT2D eigenvalue weighted by Crippen LogP contribution is -2.46. The van der Waals surface area contributed by atoms with Gasteiger partial charge in [-0.15, -0.1) is 0 Å². The Hall–Kier alpha value is -2.84. The summed E-state index contributed by atoms with van der Waals surface area (Å²) in [5, 5.41) is 11.8. The fourth-order valence-electron chi connectivity index (χ4n) is 3.11. The lowest BCUT2D eigenvalue weighted by Gasteiger charge is -2.21. The number of benzene rings is 2. The van der Waals surface area contributed by atoms with Crippen LogP contribution in [0.25, 0.3) is 0 Å². The maximum absolute atomic E-state index is 12.4. The van der Waals surface area contributed by atoms with Gasteiger partial charge >= 0.3 is 5.97 Å². The summed E-state index contributed by atoms with van der Waals surface area (Å²) in [6, 6.07) is 15.6.